The van der Waals surface area contributed by atoms with E-state index in [0.717, 1.165) is 11.0 Å². The molecule has 1 heterocycles. The predicted octanol–water partition coefficient (Wildman–Crippen LogP) is 1.03. The second kappa shape index (κ2) is 7.17. The van der Waals surface area contributed by atoms with E-state index >= 15 is 0 Å². The van der Waals surface area contributed by atoms with Crippen molar-refractivity contribution in [2.45, 2.75) is 38.8 Å². The molecule has 21 heavy (non-hydrogen) atoms. The van der Waals surface area contributed by atoms with E-state index in [1.807, 2.05) is 0 Å². The Balaban J connectivity index is 0.00000191. The van der Waals surface area contributed by atoms with Crippen LogP contribution in [0, 0.1) is 0 Å². The van der Waals surface area contributed by atoms with Crippen molar-refractivity contribution >= 4 is 17.8 Å². The Hall–Kier alpha value is -1.95. The van der Waals surface area contributed by atoms with Gasteiger partial charge in [-0.25, -0.2) is 4.79 Å². The van der Waals surface area contributed by atoms with Crippen molar-refractivity contribution in [1.29, 1.82) is 0 Å². The predicted molar refractivity (Wildman–Crippen MR) is 80.4 cm³/mol. The first-order chi connectivity index (χ1) is 9.62. The highest BCUT2D eigenvalue weighted by atomic mass is 16.5. The second-order valence-electron chi connectivity index (χ2n) is 5.51. The Morgan fingerprint density at radius 2 is 1.62 bits per heavy atom. The van der Waals surface area contributed by atoms with Gasteiger partial charge in [-0.2, -0.15) is 0 Å². The minimum Gasteiger partial charge on any atom is -0.461 e. The summed E-state index contributed by atoms with van der Waals surface area (Å²) in [5.74, 6) is -1.23. The highest BCUT2D eigenvalue weighted by Gasteiger charge is 2.49. The summed E-state index contributed by atoms with van der Waals surface area (Å²) >= 11 is 0. The summed E-state index contributed by atoms with van der Waals surface area (Å²) in [6.45, 7) is 16.1. The Morgan fingerprint density at radius 1 is 1.19 bits per heavy atom. The molecule has 1 fully saturated rings. The Kier molecular flexibility index (Phi) is 6.51. The molecule has 0 aromatic heterocycles. The Bertz CT molecular complexity index is 415. The minimum atomic E-state index is -0.833. The number of hydrogen-bond acceptors (Lipinski definition) is 5. The summed E-state index contributed by atoms with van der Waals surface area (Å²) in [6.07, 6.45) is 1.04. The first kappa shape index (κ1) is 19.1. The van der Waals surface area contributed by atoms with Gasteiger partial charge >= 0.3 is 5.97 Å². The fourth-order valence-corrected chi connectivity index (χ4v) is 2.15. The van der Waals surface area contributed by atoms with E-state index in [4.69, 9.17) is 4.74 Å². The van der Waals surface area contributed by atoms with Crippen LogP contribution in [0.2, 0.25) is 0 Å². The zero-order valence-corrected chi connectivity index (χ0v) is 13.2. The van der Waals surface area contributed by atoms with E-state index in [1.165, 1.54) is 0 Å². The lowest BCUT2D eigenvalue weighted by Gasteiger charge is -2.45. The van der Waals surface area contributed by atoms with E-state index in [9.17, 15) is 14.4 Å². The lowest BCUT2D eigenvalue weighted by atomic mass is 9.90. The topological polar surface area (TPSA) is 75.7 Å². The van der Waals surface area contributed by atoms with Crippen LogP contribution in [0.25, 0.3) is 0 Å². The molecule has 1 aliphatic rings. The van der Waals surface area contributed by atoms with Crippen LogP contribution in [-0.2, 0) is 19.1 Å². The zero-order chi connectivity index (χ0) is 16.8. The molecule has 0 atom stereocenters. The highest BCUT2D eigenvalue weighted by molar-refractivity contribution is 6.06. The van der Waals surface area contributed by atoms with Crippen molar-refractivity contribution < 1.29 is 19.1 Å². The summed E-state index contributed by atoms with van der Waals surface area (Å²) in [4.78, 5) is 36.4. The van der Waals surface area contributed by atoms with Crippen LogP contribution in [0.1, 0.15) is 27.7 Å². The molecule has 0 aromatic carbocycles. The van der Waals surface area contributed by atoms with E-state index in [2.05, 4.69) is 25.1 Å². The van der Waals surface area contributed by atoms with Crippen LogP contribution < -0.4 is 5.32 Å². The molecule has 0 radical (unpaired) electrons. The van der Waals surface area contributed by atoms with Crippen molar-refractivity contribution in [3.8, 4) is 0 Å². The number of hydrogen-bond donors (Lipinski definition) is 1. The van der Waals surface area contributed by atoms with E-state index in [0.29, 0.717) is 0 Å². The lowest BCUT2D eigenvalue weighted by Crippen LogP contribution is -2.72. The van der Waals surface area contributed by atoms with Crippen molar-refractivity contribution in [2.75, 3.05) is 13.2 Å². The van der Waals surface area contributed by atoms with Gasteiger partial charge in [0.05, 0.1) is 17.6 Å². The molecule has 2 amide bonds. The molecular weight excluding hydrogens is 272 g/mol. The fraction of sp³-hybridized carbons (Fsp3) is 0.533. The third-order valence-electron chi connectivity index (χ3n) is 2.91. The molecule has 1 N–H and O–H groups in total. The molecule has 0 spiro atoms. The molecule has 6 heteroatoms. The van der Waals surface area contributed by atoms with Gasteiger partial charge in [-0.3, -0.25) is 19.8 Å². The van der Waals surface area contributed by atoms with Gasteiger partial charge in [0.15, 0.2) is 0 Å². The van der Waals surface area contributed by atoms with Crippen LogP contribution in [0.3, 0.4) is 0 Å². The number of nitrogens with one attached hydrogen (secondary N) is 1. The molecule has 0 bridgehead atoms. The number of nitrogens with zero attached hydrogens (tertiary/aromatic N) is 1. The number of carbonyl (C=O) groups is 3. The van der Waals surface area contributed by atoms with Gasteiger partial charge in [0.1, 0.15) is 6.61 Å². The van der Waals surface area contributed by atoms with Crippen LogP contribution in [0.4, 0.5) is 0 Å². The van der Waals surface area contributed by atoms with Crippen molar-refractivity contribution in [1.82, 2.24) is 10.2 Å². The van der Waals surface area contributed by atoms with Crippen molar-refractivity contribution in [3.05, 3.63) is 25.8 Å². The number of amides is 2. The fourth-order valence-electron chi connectivity index (χ4n) is 2.15. The molecular formula is C15H24N2O4. The Labute approximate surface area is 125 Å². The first-order valence-electron chi connectivity index (χ1n) is 6.57. The molecule has 1 aliphatic heterocycles. The van der Waals surface area contributed by atoms with E-state index in [-0.39, 0.29) is 25.0 Å². The summed E-state index contributed by atoms with van der Waals surface area (Å²) in [6, 6.07) is 0. The van der Waals surface area contributed by atoms with Gasteiger partial charge in [0.2, 0.25) is 11.8 Å². The maximum atomic E-state index is 12.2. The van der Waals surface area contributed by atoms with Gasteiger partial charge < -0.3 is 4.74 Å². The number of piperazine rings is 1. The molecule has 0 saturated carbocycles. The molecule has 118 valence electrons. The van der Waals surface area contributed by atoms with Crippen molar-refractivity contribution in [3.63, 3.8) is 0 Å². The monoisotopic (exact) mass is 296 g/mol. The van der Waals surface area contributed by atoms with Gasteiger partial charge in [-0.05, 0) is 27.7 Å². The molecule has 0 aliphatic carbocycles. The summed E-state index contributed by atoms with van der Waals surface area (Å²) in [7, 11) is 0. The summed E-state index contributed by atoms with van der Waals surface area (Å²) in [5, 5.41) is 3.01. The highest BCUT2D eigenvalue weighted by Crippen LogP contribution is 2.23. The third kappa shape index (κ3) is 4.53. The number of rotatable bonds is 4. The molecule has 0 unspecified atom stereocenters. The quantitative estimate of drug-likeness (QED) is 0.363. The number of imide groups is 1. The normalized spacial score (nSPS) is 19.3. The molecule has 1 saturated heterocycles. The number of carbonyl (C=O) groups excluding carboxylic acids is 3. The van der Waals surface area contributed by atoms with Crippen LogP contribution in [0.5, 0.6) is 0 Å². The zero-order valence-electron chi connectivity index (χ0n) is 13.2. The standard InChI is InChI=1S/C13H20N2O4.C2H4/c1-6-9(16)19-8-7-15-10(17)12(2,3)14-13(4,5)11(15)18;1-2/h6,14H,1,7-8H2,2-5H3;1-2H2. The van der Waals surface area contributed by atoms with Gasteiger partial charge in [-0.1, -0.05) is 6.58 Å². The first-order valence-corrected chi connectivity index (χ1v) is 6.57. The van der Waals surface area contributed by atoms with E-state index in [1.54, 1.807) is 27.7 Å². The SMILES string of the molecule is C=C.C=CC(=O)OCCN1C(=O)C(C)(C)NC(C)(C)C1=O. The van der Waals surface area contributed by atoms with Crippen LogP contribution >= 0.6 is 0 Å². The van der Waals surface area contributed by atoms with Gasteiger partial charge in [0.25, 0.3) is 0 Å². The maximum absolute atomic E-state index is 12.2. The average molecular weight is 296 g/mol. The molecule has 1 rings (SSSR count). The van der Waals surface area contributed by atoms with Crippen molar-refractivity contribution in [2.24, 2.45) is 0 Å². The maximum Gasteiger partial charge on any atom is 0.330 e. The Morgan fingerprint density at radius 3 is 2.00 bits per heavy atom. The van der Waals surface area contributed by atoms with Gasteiger partial charge in [-0.15, -0.1) is 13.2 Å². The minimum absolute atomic E-state index is 0.0332. The molecule has 6 nitrogen and oxygen atoms in total. The summed E-state index contributed by atoms with van der Waals surface area (Å²) in [5.41, 5.74) is -1.67. The van der Waals surface area contributed by atoms with Crippen LogP contribution in [-0.4, -0.2) is 46.9 Å². The third-order valence-corrected chi connectivity index (χ3v) is 2.91. The number of esters is 1. The lowest BCUT2D eigenvalue weighted by molar-refractivity contribution is -0.161. The van der Waals surface area contributed by atoms with E-state index < -0.39 is 17.0 Å². The molecule has 0 aromatic rings. The average Bonchev–Trinajstić information content (AvgIpc) is 2.41. The largest absolute Gasteiger partial charge is 0.461 e. The summed E-state index contributed by atoms with van der Waals surface area (Å²) < 4.78 is 4.80. The number of ether oxygens (including phenoxy) is 1. The smallest absolute Gasteiger partial charge is 0.330 e. The second-order valence-corrected chi connectivity index (χ2v) is 5.51. The van der Waals surface area contributed by atoms with Gasteiger partial charge in [0, 0.05) is 6.08 Å². The van der Waals surface area contributed by atoms with Crippen LogP contribution in [0.15, 0.2) is 25.8 Å².